The molecular weight excluding hydrogens is 685 g/mol. The predicted octanol–water partition coefficient (Wildman–Crippen LogP) is 13.4. The molecule has 0 aromatic rings. The Morgan fingerprint density at radius 1 is 0.585 bits per heavy atom. The van der Waals surface area contributed by atoms with Gasteiger partial charge in [0, 0.05) is 6.42 Å². The van der Waals surface area contributed by atoms with Crippen molar-refractivity contribution < 1.29 is 37.3 Å². The summed E-state index contributed by atoms with van der Waals surface area (Å²) < 4.78 is 34.8. The number of rotatable bonds is 42. The monoisotopic (exact) mass is 775 g/mol. The van der Waals surface area contributed by atoms with Gasteiger partial charge in [0.1, 0.15) is 19.8 Å². The molecule has 2 atom stereocenters. The van der Waals surface area contributed by atoms with E-state index in [2.05, 4.69) is 13.8 Å². The third-order valence-electron chi connectivity index (χ3n) is 9.95. The number of hydrogen-bond donors (Lipinski definition) is 1. The average Bonchev–Trinajstić information content (AvgIpc) is 3.11. The largest absolute Gasteiger partial charge is 0.492 e. The fourth-order valence-corrected chi connectivity index (χ4v) is 7.10. The van der Waals surface area contributed by atoms with Gasteiger partial charge in [0.2, 0.25) is 0 Å². The number of phosphoric ester groups is 1. The minimum absolute atomic E-state index is 0.0420. The molecule has 53 heavy (non-hydrogen) atoms. The summed E-state index contributed by atoms with van der Waals surface area (Å²) in [5.74, 6) is -0.272. The molecule has 9 heteroatoms. The molecule has 0 bridgehead atoms. The summed E-state index contributed by atoms with van der Waals surface area (Å²) >= 11 is 0. The first-order valence-electron chi connectivity index (χ1n) is 22.5. The third kappa shape index (κ3) is 42.1. The van der Waals surface area contributed by atoms with Crippen LogP contribution < -0.4 is 0 Å². The van der Waals surface area contributed by atoms with Gasteiger partial charge in [0.15, 0.2) is 6.10 Å². The molecule has 0 aliphatic heterocycles. The Labute approximate surface area is 329 Å². The highest BCUT2D eigenvalue weighted by atomic mass is 31.2. The van der Waals surface area contributed by atoms with E-state index in [1.807, 2.05) is 27.2 Å². The first kappa shape index (κ1) is 52.1. The second-order valence-corrected chi connectivity index (χ2v) is 18.0. The van der Waals surface area contributed by atoms with Gasteiger partial charge in [-0.1, -0.05) is 187 Å². The van der Waals surface area contributed by atoms with Crippen molar-refractivity contribution in [3.63, 3.8) is 0 Å². The van der Waals surface area contributed by atoms with E-state index in [0.29, 0.717) is 17.4 Å². The molecule has 2 unspecified atom stereocenters. The van der Waals surface area contributed by atoms with Crippen LogP contribution in [0.3, 0.4) is 0 Å². The zero-order chi connectivity index (χ0) is 39.1. The van der Waals surface area contributed by atoms with Gasteiger partial charge in [0.25, 0.3) is 0 Å². The number of carbonyl (C=O) groups is 1. The number of allylic oxidation sites excluding steroid dienone is 1. The standard InChI is InChI=1S/C44H88NO7P/c1-6-8-10-12-14-16-18-20-22-24-26-28-30-32-34-36-39-49-43(42-52-53(47,48)51-40-38-45(3,4)5)41-50-44(46)37-35-33-31-29-27-25-23-21-19-17-15-13-11-9-7-2/h36,39,43H,6-35,37-38,40-42H2,1-5H3/p+1/b39-36-. The summed E-state index contributed by atoms with van der Waals surface area (Å²) in [7, 11) is 1.69. The summed E-state index contributed by atoms with van der Waals surface area (Å²) in [6, 6.07) is 0. The Kier molecular flexibility index (Phi) is 37.3. The molecule has 0 radical (unpaired) electrons. The molecule has 8 nitrogen and oxygen atoms in total. The minimum Gasteiger partial charge on any atom is -0.492 e. The van der Waals surface area contributed by atoms with E-state index in [-0.39, 0.29) is 25.8 Å². The first-order valence-corrected chi connectivity index (χ1v) is 24.0. The lowest BCUT2D eigenvalue weighted by Crippen LogP contribution is -2.37. The fraction of sp³-hybridized carbons (Fsp3) is 0.932. The average molecular weight is 775 g/mol. The van der Waals surface area contributed by atoms with E-state index in [0.717, 1.165) is 32.1 Å². The second-order valence-electron chi connectivity index (χ2n) is 16.5. The number of unbranched alkanes of at least 4 members (excludes halogenated alkanes) is 28. The van der Waals surface area contributed by atoms with Crippen molar-refractivity contribution in [2.24, 2.45) is 0 Å². The van der Waals surface area contributed by atoms with Crippen molar-refractivity contribution in [1.29, 1.82) is 0 Å². The number of nitrogens with zero attached hydrogens (tertiary/aromatic N) is 1. The molecule has 0 aromatic carbocycles. The fourth-order valence-electron chi connectivity index (χ4n) is 6.36. The molecule has 0 saturated carbocycles. The van der Waals surface area contributed by atoms with Crippen molar-refractivity contribution in [3.05, 3.63) is 12.3 Å². The number of hydrogen-bond acceptors (Lipinski definition) is 6. The lowest BCUT2D eigenvalue weighted by atomic mass is 10.0. The molecule has 0 saturated heterocycles. The second kappa shape index (κ2) is 38.0. The highest BCUT2D eigenvalue weighted by Crippen LogP contribution is 2.43. The number of ether oxygens (including phenoxy) is 2. The lowest BCUT2D eigenvalue weighted by Gasteiger charge is -2.24. The van der Waals surface area contributed by atoms with Crippen LogP contribution in [0, 0.1) is 0 Å². The van der Waals surface area contributed by atoms with Gasteiger partial charge in [-0.05, 0) is 25.3 Å². The summed E-state index contributed by atoms with van der Waals surface area (Å²) in [5, 5.41) is 0. The maximum absolute atomic E-state index is 12.5. The maximum atomic E-state index is 12.5. The zero-order valence-corrected chi connectivity index (χ0v) is 36.7. The minimum atomic E-state index is -4.26. The number of phosphoric acid groups is 1. The Bertz CT molecular complexity index is 863. The number of likely N-dealkylation sites (N-methyl/N-ethyl adjacent to an activating group) is 1. The summed E-state index contributed by atoms with van der Waals surface area (Å²) in [6.07, 6.45) is 42.0. The molecule has 0 amide bonds. The van der Waals surface area contributed by atoms with Gasteiger partial charge in [-0.3, -0.25) is 13.8 Å². The number of esters is 1. The van der Waals surface area contributed by atoms with Gasteiger partial charge in [-0.15, -0.1) is 0 Å². The van der Waals surface area contributed by atoms with E-state index in [1.165, 1.54) is 161 Å². The van der Waals surface area contributed by atoms with Crippen LogP contribution in [0.15, 0.2) is 12.3 Å². The SMILES string of the molecule is CCCCCCCCCCCCCCCC/C=C\OC(COC(=O)CCCCCCCCCCCCCCCCC)COP(=O)(O)OCC[N+](C)(C)C. The molecule has 0 heterocycles. The summed E-state index contributed by atoms with van der Waals surface area (Å²) in [6.45, 7) is 4.94. The molecule has 0 spiro atoms. The van der Waals surface area contributed by atoms with Gasteiger partial charge in [-0.2, -0.15) is 0 Å². The van der Waals surface area contributed by atoms with Gasteiger partial charge >= 0.3 is 13.8 Å². The van der Waals surface area contributed by atoms with E-state index < -0.39 is 13.9 Å². The Morgan fingerprint density at radius 2 is 0.981 bits per heavy atom. The normalized spacial score (nSPS) is 13.8. The molecule has 0 fully saturated rings. The predicted molar refractivity (Wildman–Crippen MR) is 224 cm³/mol. The topological polar surface area (TPSA) is 91.3 Å². The van der Waals surface area contributed by atoms with Crippen LogP contribution in [-0.4, -0.2) is 69.0 Å². The number of quaternary nitrogens is 1. The van der Waals surface area contributed by atoms with Crippen LogP contribution in [0.25, 0.3) is 0 Å². The van der Waals surface area contributed by atoms with Gasteiger partial charge < -0.3 is 18.9 Å². The zero-order valence-electron chi connectivity index (χ0n) is 35.8. The van der Waals surface area contributed by atoms with Crippen molar-refractivity contribution in [3.8, 4) is 0 Å². The molecule has 0 rings (SSSR count). The van der Waals surface area contributed by atoms with Crippen LogP contribution in [0.4, 0.5) is 0 Å². The first-order chi connectivity index (χ1) is 25.6. The lowest BCUT2D eigenvalue weighted by molar-refractivity contribution is -0.870. The molecule has 0 aliphatic rings. The van der Waals surface area contributed by atoms with E-state index in [1.54, 1.807) is 6.26 Å². The molecule has 0 aromatic heterocycles. The van der Waals surface area contributed by atoms with E-state index in [4.69, 9.17) is 18.5 Å². The van der Waals surface area contributed by atoms with Crippen LogP contribution in [0.5, 0.6) is 0 Å². The highest BCUT2D eigenvalue weighted by molar-refractivity contribution is 7.47. The Balaban J connectivity index is 4.24. The Hall–Kier alpha value is -0.920. The molecule has 0 aliphatic carbocycles. The molecule has 1 N–H and O–H groups in total. The van der Waals surface area contributed by atoms with Crippen molar-refractivity contribution >= 4 is 13.8 Å². The van der Waals surface area contributed by atoms with Gasteiger partial charge in [-0.25, -0.2) is 4.57 Å². The summed E-state index contributed by atoms with van der Waals surface area (Å²) in [5.41, 5.74) is 0. The molecule has 316 valence electrons. The molecular formula is C44H89NO7P+. The van der Waals surface area contributed by atoms with Crippen molar-refractivity contribution in [2.45, 2.75) is 219 Å². The van der Waals surface area contributed by atoms with Crippen LogP contribution in [0.1, 0.15) is 213 Å². The van der Waals surface area contributed by atoms with Gasteiger partial charge in [0.05, 0.1) is 34.0 Å². The van der Waals surface area contributed by atoms with Crippen LogP contribution >= 0.6 is 7.82 Å². The number of carbonyl (C=O) groups excluding carboxylic acids is 1. The van der Waals surface area contributed by atoms with E-state index in [9.17, 15) is 14.3 Å². The highest BCUT2D eigenvalue weighted by Gasteiger charge is 2.25. The van der Waals surface area contributed by atoms with Crippen molar-refractivity contribution in [2.75, 3.05) is 47.5 Å². The third-order valence-corrected chi connectivity index (χ3v) is 10.9. The summed E-state index contributed by atoms with van der Waals surface area (Å²) in [4.78, 5) is 22.7. The van der Waals surface area contributed by atoms with E-state index >= 15 is 0 Å². The smallest absolute Gasteiger partial charge is 0.472 e. The Morgan fingerprint density at radius 3 is 1.40 bits per heavy atom. The van der Waals surface area contributed by atoms with Crippen LogP contribution in [0.2, 0.25) is 0 Å². The van der Waals surface area contributed by atoms with Crippen LogP contribution in [-0.2, 0) is 27.9 Å². The maximum Gasteiger partial charge on any atom is 0.472 e. The van der Waals surface area contributed by atoms with Crippen molar-refractivity contribution in [1.82, 2.24) is 0 Å². The quantitative estimate of drug-likeness (QED) is 0.0217.